The molecule has 0 rings (SSSR count). The van der Waals surface area contributed by atoms with Crippen LogP contribution in [0.2, 0.25) is 0 Å². The Bertz CT molecular complexity index is 93.1. The van der Waals surface area contributed by atoms with Crippen LogP contribution < -0.4 is 5.73 Å². The highest BCUT2D eigenvalue weighted by molar-refractivity contribution is 9.09. The quantitative estimate of drug-likeness (QED) is 0.584. The first-order chi connectivity index (χ1) is 5.22. The Morgan fingerprint density at radius 3 is 2.42 bits per heavy atom. The number of halogens is 2. The Labute approximate surface area is 93.8 Å². The molecule has 0 saturated heterocycles. The van der Waals surface area contributed by atoms with Gasteiger partial charge in [0.25, 0.3) is 0 Å². The molecule has 0 aliphatic carbocycles. The summed E-state index contributed by atoms with van der Waals surface area (Å²) in [5.41, 5.74) is 5.30. The normalized spacial score (nSPS) is 15.0. The lowest BCUT2D eigenvalue weighted by atomic mass is 10.1. The van der Waals surface area contributed by atoms with Crippen LogP contribution in [0.15, 0.2) is 0 Å². The lowest BCUT2D eigenvalue weighted by Crippen LogP contribution is -2.29. The molecule has 0 heterocycles. The summed E-state index contributed by atoms with van der Waals surface area (Å²) < 4.78 is 0. The lowest BCUT2D eigenvalue weighted by molar-refractivity contribution is 0.177. The van der Waals surface area contributed by atoms with Gasteiger partial charge < -0.3 is 10.8 Å². The molecule has 0 amide bonds. The highest BCUT2D eigenvalue weighted by atomic mass is 79.9. The molecule has 3 N–H and O–H groups in total. The van der Waals surface area contributed by atoms with E-state index >= 15 is 0 Å². The topological polar surface area (TPSA) is 46.2 Å². The summed E-state index contributed by atoms with van der Waals surface area (Å²) in [7, 11) is 0. The predicted octanol–water partition coefficient (Wildman–Crippen LogP) is 2.23. The second-order valence-electron chi connectivity index (χ2n) is 2.81. The van der Waals surface area contributed by atoms with Crippen LogP contribution in [0.25, 0.3) is 0 Å². The third-order valence-corrected chi connectivity index (χ3v) is 2.81. The van der Waals surface area contributed by atoms with Gasteiger partial charge >= 0.3 is 0 Å². The van der Waals surface area contributed by atoms with Crippen molar-refractivity contribution in [3.63, 3.8) is 0 Å². The molecule has 0 fully saturated rings. The SMILES string of the molecule is Br.CCCCCC(Br)C(O)CN. The first-order valence-electron chi connectivity index (χ1n) is 4.24. The highest BCUT2D eigenvalue weighted by Crippen LogP contribution is 2.14. The van der Waals surface area contributed by atoms with Crippen LogP contribution in [0.4, 0.5) is 0 Å². The summed E-state index contributed by atoms with van der Waals surface area (Å²) in [6, 6.07) is 0. The van der Waals surface area contributed by atoms with Gasteiger partial charge in [0.05, 0.1) is 6.10 Å². The number of hydrogen-bond acceptors (Lipinski definition) is 2. The van der Waals surface area contributed by atoms with E-state index in [2.05, 4.69) is 22.9 Å². The summed E-state index contributed by atoms with van der Waals surface area (Å²) in [6.45, 7) is 2.52. The van der Waals surface area contributed by atoms with Gasteiger partial charge in [0, 0.05) is 11.4 Å². The van der Waals surface area contributed by atoms with Gasteiger partial charge in [0.2, 0.25) is 0 Å². The largest absolute Gasteiger partial charge is 0.391 e. The van der Waals surface area contributed by atoms with Gasteiger partial charge in [0.15, 0.2) is 0 Å². The standard InChI is InChI=1S/C8H18BrNO.BrH/c1-2-3-4-5-7(9)8(11)6-10;/h7-8,11H,2-6,10H2,1H3;1H. The van der Waals surface area contributed by atoms with Crippen molar-refractivity contribution in [3.8, 4) is 0 Å². The molecule has 0 aromatic rings. The van der Waals surface area contributed by atoms with Gasteiger partial charge in [-0.05, 0) is 6.42 Å². The minimum absolute atomic E-state index is 0. The molecule has 76 valence electrons. The Kier molecular flexibility index (Phi) is 12.8. The number of alkyl halides is 1. The van der Waals surface area contributed by atoms with Gasteiger partial charge in [-0.2, -0.15) is 0 Å². The molecule has 0 radical (unpaired) electrons. The molecule has 0 aliphatic rings. The van der Waals surface area contributed by atoms with Crippen LogP contribution in [0.3, 0.4) is 0 Å². The highest BCUT2D eigenvalue weighted by Gasteiger charge is 2.12. The van der Waals surface area contributed by atoms with Crippen LogP contribution >= 0.6 is 32.9 Å². The van der Waals surface area contributed by atoms with Gasteiger partial charge in [0.1, 0.15) is 0 Å². The van der Waals surface area contributed by atoms with E-state index < -0.39 is 0 Å². The fourth-order valence-electron chi connectivity index (χ4n) is 0.929. The van der Waals surface area contributed by atoms with E-state index in [-0.39, 0.29) is 27.9 Å². The molecular weight excluding hydrogens is 286 g/mol. The Hall–Kier alpha value is 0.880. The summed E-state index contributed by atoms with van der Waals surface area (Å²) >= 11 is 3.40. The first kappa shape index (κ1) is 15.4. The van der Waals surface area contributed by atoms with Crippen molar-refractivity contribution < 1.29 is 5.11 Å². The fourth-order valence-corrected chi connectivity index (χ4v) is 1.47. The minimum atomic E-state index is -0.383. The summed E-state index contributed by atoms with van der Waals surface area (Å²) in [5, 5.41) is 9.25. The van der Waals surface area contributed by atoms with Gasteiger partial charge in [-0.1, -0.05) is 42.1 Å². The van der Waals surface area contributed by atoms with Gasteiger partial charge in [-0.3, -0.25) is 0 Å². The van der Waals surface area contributed by atoms with E-state index in [1.54, 1.807) is 0 Å². The molecule has 2 nitrogen and oxygen atoms in total. The first-order valence-corrected chi connectivity index (χ1v) is 5.16. The average molecular weight is 305 g/mol. The zero-order chi connectivity index (χ0) is 8.69. The van der Waals surface area contributed by atoms with Crippen LogP contribution in [0.1, 0.15) is 32.6 Å². The number of unbranched alkanes of at least 4 members (excludes halogenated alkanes) is 2. The number of nitrogens with two attached hydrogens (primary N) is 1. The molecule has 2 unspecified atom stereocenters. The Morgan fingerprint density at radius 2 is 2.00 bits per heavy atom. The van der Waals surface area contributed by atoms with Crippen molar-refractivity contribution in [2.75, 3.05) is 6.54 Å². The molecule has 2 atom stereocenters. The summed E-state index contributed by atoms with van der Waals surface area (Å²) in [6.07, 6.45) is 4.26. The molecule has 0 aliphatic heterocycles. The van der Waals surface area contributed by atoms with E-state index in [1.807, 2.05) is 0 Å². The zero-order valence-corrected chi connectivity index (χ0v) is 10.8. The van der Waals surface area contributed by atoms with E-state index in [0.29, 0.717) is 6.54 Å². The average Bonchev–Trinajstić information content (AvgIpc) is 2.03. The molecule has 12 heavy (non-hydrogen) atoms. The van der Waals surface area contributed by atoms with Gasteiger partial charge in [-0.15, -0.1) is 17.0 Å². The number of rotatable bonds is 6. The van der Waals surface area contributed by atoms with Crippen LogP contribution in [-0.4, -0.2) is 22.6 Å². The van der Waals surface area contributed by atoms with E-state index in [9.17, 15) is 5.11 Å². The maximum atomic E-state index is 9.25. The van der Waals surface area contributed by atoms with E-state index in [4.69, 9.17) is 5.73 Å². The van der Waals surface area contributed by atoms with Gasteiger partial charge in [-0.25, -0.2) is 0 Å². The fraction of sp³-hybridized carbons (Fsp3) is 1.00. The second-order valence-corrected chi connectivity index (χ2v) is 3.99. The van der Waals surface area contributed by atoms with Crippen molar-refractivity contribution in [3.05, 3.63) is 0 Å². The van der Waals surface area contributed by atoms with Crippen molar-refractivity contribution >= 4 is 32.9 Å². The van der Waals surface area contributed by atoms with Crippen LogP contribution in [-0.2, 0) is 0 Å². The predicted molar refractivity (Wildman–Crippen MR) is 62.2 cm³/mol. The monoisotopic (exact) mass is 303 g/mol. The minimum Gasteiger partial charge on any atom is -0.391 e. The van der Waals surface area contributed by atoms with Crippen molar-refractivity contribution in [1.29, 1.82) is 0 Å². The van der Waals surface area contributed by atoms with Crippen LogP contribution in [0, 0.1) is 0 Å². The van der Waals surface area contributed by atoms with Crippen molar-refractivity contribution in [2.45, 2.75) is 43.5 Å². The summed E-state index contributed by atoms with van der Waals surface area (Å²) in [5.74, 6) is 0. The molecule has 0 bridgehead atoms. The Morgan fingerprint density at radius 1 is 1.42 bits per heavy atom. The zero-order valence-electron chi connectivity index (χ0n) is 7.50. The third kappa shape index (κ3) is 7.53. The maximum Gasteiger partial charge on any atom is 0.0787 e. The smallest absolute Gasteiger partial charge is 0.0787 e. The van der Waals surface area contributed by atoms with Crippen molar-refractivity contribution in [2.24, 2.45) is 5.73 Å². The lowest BCUT2D eigenvalue weighted by Gasteiger charge is -2.14. The molecule has 4 heteroatoms. The molecular formula is C8H19Br2NO. The molecule has 0 spiro atoms. The Balaban J connectivity index is 0. The second kappa shape index (κ2) is 9.96. The molecule has 0 aromatic carbocycles. The molecule has 0 aromatic heterocycles. The third-order valence-electron chi connectivity index (χ3n) is 1.74. The summed E-state index contributed by atoms with van der Waals surface area (Å²) in [4.78, 5) is 0.180. The van der Waals surface area contributed by atoms with E-state index in [0.717, 1.165) is 6.42 Å². The van der Waals surface area contributed by atoms with Crippen molar-refractivity contribution in [1.82, 2.24) is 0 Å². The van der Waals surface area contributed by atoms with E-state index in [1.165, 1.54) is 19.3 Å². The molecule has 0 saturated carbocycles. The maximum absolute atomic E-state index is 9.25. The number of aliphatic hydroxyl groups is 1. The van der Waals surface area contributed by atoms with Crippen LogP contribution in [0.5, 0.6) is 0 Å². The number of hydrogen-bond donors (Lipinski definition) is 2. The number of aliphatic hydroxyl groups excluding tert-OH is 1.